The van der Waals surface area contributed by atoms with Gasteiger partial charge in [-0.15, -0.1) is 0 Å². The summed E-state index contributed by atoms with van der Waals surface area (Å²) in [5.41, 5.74) is -0.795. The number of nitrogens with zero attached hydrogens (tertiary/aromatic N) is 1. The average Bonchev–Trinajstić information content (AvgIpc) is 2.86. The smallest absolute Gasteiger partial charge is 0.249 e. The van der Waals surface area contributed by atoms with Gasteiger partial charge in [0, 0.05) is 29.6 Å². The summed E-state index contributed by atoms with van der Waals surface area (Å²) in [4.78, 5) is 28.5. The zero-order chi connectivity index (χ0) is 25.2. The molecule has 194 valence electrons. The highest BCUT2D eigenvalue weighted by Gasteiger charge is 2.50. The van der Waals surface area contributed by atoms with Crippen LogP contribution in [0.25, 0.3) is 0 Å². The van der Waals surface area contributed by atoms with Crippen LogP contribution >= 0.6 is 11.6 Å². The first-order valence-corrected chi connectivity index (χ1v) is 13.8. The minimum atomic E-state index is -1.06. The normalized spacial score (nSPS) is 30.5. The van der Waals surface area contributed by atoms with Gasteiger partial charge in [-0.3, -0.25) is 9.59 Å². The Kier molecular flexibility index (Phi) is 8.14. The Morgan fingerprint density at radius 3 is 2.31 bits per heavy atom. The summed E-state index contributed by atoms with van der Waals surface area (Å²) in [5, 5.41) is 26.0. The molecule has 7 heteroatoms. The molecule has 6 nitrogen and oxygen atoms in total. The summed E-state index contributed by atoms with van der Waals surface area (Å²) in [6.07, 6.45) is 7.95. The second-order valence-electron chi connectivity index (χ2n) is 11.6. The van der Waals surface area contributed by atoms with E-state index in [1.807, 2.05) is 30.9 Å². The summed E-state index contributed by atoms with van der Waals surface area (Å²) in [6.45, 7) is 4.90. The molecule has 1 aliphatic heterocycles. The molecule has 0 unspecified atom stereocenters. The van der Waals surface area contributed by atoms with Crippen molar-refractivity contribution in [1.29, 1.82) is 0 Å². The lowest BCUT2D eigenvalue weighted by Crippen LogP contribution is -2.59. The number of benzene rings is 1. The van der Waals surface area contributed by atoms with Crippen molar-refractivity contribution in [2.75, 3.05) is 13.1 Å². The van der Waals surface area contributed by atoms with Gasteiger partial charge in [-0.05, 0) is 55.7 Å². The zero-order valence-corrected chi connectivity index (χ0v) is 21.9. The fourth-order valence-corrected chi connectivity index (χ4v) is 6.66. The van der Waals surface area contributed by atoms with Crippen LogP contribution in [-0.4, -0.2) is 52.2 Å². The van der Waals surface area contributed by atoms with Crippen molar-refractivity contribution in [3.05, 3.63) is 34.9 Å². The van der Waals surface area contributed by atoms with Gasteiger partial charge in [0.1, 0.15) is 6.10 Å². The third-order valence-corrected chi connectivity index (χ3v) is 9.11. The van der Waals surface area contributed by atoms with Crippen LogP contribution in [0.5, 0.6) is 0 Å². The van der Waals surface area contributed by atoms with Crippen molar-refractivity contribution < 1.29 is 19.8 Å². The summed E-state index contributed by atoms with van der Waals surface area (Å²) in [7, 11) is 0. The van der Waals surface area contributed by atoms with Crippen LogP contribution in [0.3, 0.4) is 0 Å². The SMILES string of the molecule is CC1(C)CN(C(=O)[C@H]2CCCC[C@H]2NC(=O)[C@@H](O)C2CCCCC2)CC[C@]1(O)c1ccc(Cl)cc1. The van der Waals surface area contributed by atoms with Crippen LogP contribution in [0.2, 0.25) is 5.02 Å². The number of nitrogens with one attached hydrogen (secondary N) is 1. The number of amides is 2. The van der Waals surface area contributed by atoms with E-state index in [1.165, 1.54) is 6.42 Å². The molecular formula is C28H41ClN2O4. The van der Waals surface area contributed by atoms with Crippen LogP contribution in [0.15, 0.2) is 24.3 Å². The molecule has 0 bridgehead atoms. The maximum atomic E-state index is 13.7. The summed E-state index contributed by atoms with van der Waals surface area (Å²) in [5.74, 6) is -0.537. The topological polar surface area (TPSA) is 89.9 Å². The molecule has 3 aliphatic rings. The van der Waals surface area contributed by atoms with Gasteiger partial charge in [0.05, 0.1) is 11.5 Å². The van der Waals surface area contributed by atoms with E-state index in [-0.39, 0.29) is 29.7 Å². The Balaban J connectivity index is 1.42. The lowest BCUT2D eigenvalue weighted by atomic mass is 9.66. The first kappa shape index (κ1) is 26.4. The van der Waals surface area contributed by atoms with Gasteiger partial charge in [0.15, 0.2) is 0 Å². The standard InChI is InChI=1S/C28H41ClN2O4/c1-27(2)18-31(17-16-28(27,35)20-12-14-21(29)15-13-20)26(34)22-10-6-7-11-23(22)30-25(33)24(32)19-8-4-3-5-9-19/h12-15,19,22-24,32,35H,3-11,16-18H2,1-2H3,(H,30,33)/t22-,23+,24-,28-/m0/s1. The lowest BCUT2D eigenvalue weighted by molar-refractivity contribution is -0.158. The fraction of sp³-hybridized carbons (Fsp3) is 0.714. The Morgan fingerprint density at radius 1 is 1.03 bits per heavy atom. The van der Waals surface area contributed by atoms with Gasteiger partial charge in [-0.25, -0.2) is 0 Å². The molecule has 1 heterocycles. The third-order valence-electron chi connectivity index (χ3n) is 8.86. The summed E-state index contributed by atoms with van der Waals surface area (Å²) < 4.78 is 0. The predicted molar refractivity (Wildman–Crippen MR) is 137 cm³/mol. The van der Waals surface area contributed by atoms with Crippen molar-refractivity contribution in [2.45, 2.75) is 95.8 Å². The molecule has 3 N–H and O–H groups in total. The number of rotatable bonds is 5. The number of carbonyl (C=O) groups excluding carboxylic acids is 2. The zero-order valence-electron chi connectivity index (χ0n) is 21.1. The second kappa shape index (κ2) is 10.8. The van der Waals surface area contributed by atoms with Gasteiger partial charge < -0.3 is 20.4 Å². The quantitative estimate of drug-likeness (QED) is 0.554. The van der Waals surface area contributed by atoms with Crippen molar-refractivity contribution in [3.8, 4) is 0 Å². The van der Waals surface area contributed by atoms with Gasteiger partial charge in [0.25, 0.3) is 0 Å². The predicted octanol–water partition coefficient (Wildman–Crippen LogP) is 4.40. The molecule has 4 atom stereocenters. The maximum Gasteiger partial charge on any atom is 0.249 e. The minimum Gasteiger partial charge on any atom is -0.384 e. The van der Waals surface area contributed by atoms with Crippen molar-refractivity contribution >= 4 is 23.4 Å². The highest BCUT2D eigenvalue weighted by atomic mass is 35.5. The molecular weight excluding hydrogens is 464 g/mol. The van der Waals surface area contributed by atoms with E-state index in [0.717, 1.165) is 56.9 Å². The van der Waals surface area contributed by atoms with Gasteiger partial charge >= 0.3 is 0 Å². The average molecular weight is 505 g/mol. The van der Waals surface area contributed by atoms with Crippen LogP contribution in [0.1, 0.15) is 83.6 Å². The van der Waals surface area contributed by atoms with Crippen LogP contribution in [0.4, 0.5) is 0 Å². The third kappa shape index (κ3) is 5.55. The van der Waals surface area contributed by atoms with E-state index in [9.17, 15) is 19.8 Å². The minimum absolute atomic E-state index is 0.0231. The number of halogens is 1. The Morgan fingerprint density at radius 2 is 1.66 bits per heavy atom. The Hall–Kier alpha value is -1.63. The van der Waals surface area contributed by atoms with E-state index in [1.54, 1.807) is 12.1 Å². The van der Waals surface area contributed by atoms with Gasteiger partial charge in [-0.1, -0.05) is 69.7 Å². The van der Waals surface area contributed by atoms with Crippen LogP contribution < -0.4 is 5.32 Å². The van der Waals surface area contributed by atoms with Gasteiger partial charge in [-0.2, -0.15) is 0 Å². The first-order chi connectivity index (χ1) is 16.6. The number of hydrogen-bond acceptors (Lipinski definition) is 4. The summed E-state index contributed by atoms with van der Waals surface area (Å²) in [6, 6.07) is 7.07. The van der Waals surface area contributed by atoms with E-state index in [0.29, 0.717) is 24.5 Å². The molecule has 1 saturated heterocycles. The number of hydrogen-bond donors (Lipinski definition) is 3. The maximum absolute atomic E-state index is 13.7. The molecule has 1 aromatic rings. The fourth-order valence-electron chi connectivity index (χ4n) is 6.54. The molecule has 2 saturated carbocycles. The van der Waals surface area contributed by atoms with Crippen molar-refractivity contribution in [2.24, 2.45) is 17.3 Å². The van der Waals surface area contributed by atoms with Crippen LogP contribution in [0, 0.1) is 17.3 Å². The van der Waals surface area contributed by atoms with Crippen LogP contribution in [-0.2, 0) is 15.2 Å². The van der Waals surface area contributed by atoms with E-state index in [2.05, 4.69) is 5.32 Å². The number of aliphatic hydroxyl groups is 2. The van der Waals surface area contributed by atoms with E-state index >= 15 is 0 Å². The molecule has 0 aromatic heterocycles. The van der Waals surface area contributed by atoms with Crippen molar-refractivity contribution in [3.63, 3.8) is 0 Å². The largest absolute Gasteiger partial charge is 0.384 e. The number of carbonyl (C=O) groups is 2. The van der Waals surface area contributed by atoms with E-state index in [4.69, 9.17) is 11.6 Å². The summed E-state index contributed by atoms with van der Waals surface area (Å²) >= 11 is 6.05. The highest BCUT2D eigenvalue weighted by Crippen LogP contribution is 2.46. The lowest BCUT2D eigenvalue weighted by Gasteiger charge is -2.51. The Bertz CT molecular complexity index is 899. The number of aliphatic hydroxyl groups excluding tert-OH is 1. The first-order valence-electron chi connectivity index (χ1n) is 13.4. The van der Waals surface area contributed by atoms with Crippen molar-refractivity contribution in [1.82, 2.24) is 10.2 Å². The van der Waals surface area contributed by atoms with Gasteiger partial charge in [0.2, 0.25) is 11.8 Å². The molecule has 35 heavy (non-hydrogen) atoms. The molecule has 1 aromatic carbocycles. The molecule has 0 spiro atoms. The molecule has 2 aliphatic carbocycles. The second-order valence-corrected chi connectivity index (χ2v) is 12.0. The molecule has 3 fully saturated rings. The molecule has 4 rings (SSSR count). The monoisotopic (exact) mass is 504 g/mol. The molecule has 0 radical (unpaired) electrons. The molecule has 2 amide bonds. The number of piperidine rings is 1. The van der Waals surface area contributed by atoms with E-state index < -0.39 is 17.1 Å². The Labute approximate surface area is 214 Å². The highest BCUT2D eigenvalue weighted by molar-refractivity contribution is 6.30. The number of likely N-dealkylation sites (tertiary alicyclic amines) is 1.